The summed E-state index contributed by atoms with van der Waals surface area (Å²) in [7, 11) is -3.28. The van der Waals surface area contributed by atoms with E-state index >= 15 is 0 Å². The van der Waals surface area contributed by atoms with Gasteiger partial charge in [-0.05, 0) is 12.1 Å². The Labute approximate surface area is 109 Å². The summed E-state index contributed by atoms with van der Waals surface area (Å²) in [5.74, 6) is -0.573. The highest BCUT2D eigenvalue weighted by molar-refractivity contribution is 7.86. The van der Waals surface area contributed by atoms with Crippen LogP contribution in [0.5, 0.6) is 0 Å². The molecule has 0 fully saturated rings. The summed E-state index contributed by atoms with van der Waals surface area (Å²) in [4.78, 5) is 15.1. The molecule has 1 aromatic heterocycles. The van der Waals surface area contributed by atoms with Gasteiger partial charge in [-0.1, -0.05) is 12.1 Å². The summed E-state index contributed by atoms with van der Waals surface area (Å²) in [6, 6.07) is 5.24. The Balaban J connectivity index is 2.35. The molecule has 0 saturated heterocycles. The summed E-state index contributed by atoms with van der Waals surface area (Å²) >= 11 is 0. The SMILES string of the molecule is Cn1cncc1C(=O)Nc1ccccc1S(=O)(=O)F. The van der Waals surface area contributed by atoms with E-state index in [0.717, 1.165) is 6.07 Å². The largest absolute Gasteiger partial charge is 0.334 e. The number of benzene rings is 1. The van der Waals surface area contributed by atoms with Crippen LogP contribution in [0.3, 0.4) is 0 Å². The van der Waals surface area contributed by atoms with Crippen LogP contribution in [-0.2, 0) is 17.3 Å². The molecule has 6 nitrogen and oxygen atoms in total. The normalized spacial score (nSPS) is 11.3. The first kappa shape index (κ1) is 13.2. The second-order valence-corrected chi connectivity index (χ2v) is 5.09. The molecule has 0 aliphatic carbocycles. The first-order valence-corrected chi connectivity index (χ1v) is 6.59. The van der Waals surface area contributed by atoms with E-state index in [1.165, 1.54) is 35.3 Å². The zero-order valence-electron chi connectivity index (χ0n) is 9.87. The minimum absolute atomic E-state index is 0.115. The van der Waals surface area contributed by atoms with Crippen molar-refractivity contribution in [1.29, 1.82) is 0 Å². The Hall–Kier alpha value is -2.22. The third kappa shape index (κ3) is 2.79. The number of hydrogen-bond acceptors (Lipinski definition) is 4. The molecule has 1 aromatic carbocycles. The number of amides is 1. The predicted octanol–water partition coefficient (Wildman–Crippen LogP) is 1.33. The standard InChI is InChI=1S/C11H10FN3O3S/c1-15-7-13-6-9(15)11(16)14-8-4-2-3-5-10(8)19(12,17)18/h2-7H,1H3,(H,14,16). The average Bonchev–Trinajstić information content (AvgIpc) is 2.75. The molecule has 0 atom stereocenters. The van der Waals surface area contributed by atoms with Gasteiger partial charge in [0, 0.05) is 7.05 Å². The van der Waals surface area contributed by atoms with Crippen molar-refractivity contribution in [1.82, 2.24) is 9.55 Å². The van der Waals surface area contributed by atoms with E-state index in [4.69, 9.17) is 0 Å². The number of imidazole rings is 1. The second-order valence-electron chi connectivity index (χ2n) is 3.78. The van der Waals surface area contributed by atoms with Gasteiger partial charge in [-0.2, -0.15) is 8.42 Å². The topological polar surface area (TPSA) is 81.1 Å². The van der Waals surface area contributed by atoms with Crippen LogP contribution in [0.2, 0.25) is 0 Å². The molecule has 1 N–H and O–H groups in total. The van der Waals surface area contributed by atoms with Crippen molar-refractivity contribution in [3.63, 3.8) is 0 Å². The van der Waals surface area contributed by atoms with Gasteiger partial charge in [0.15, 0.2) is 0 Å². The Kier molecular flexibility index (Phi) is 3.34. The summed E-state index contributed by atoms with van der Waals surface area (Å²) in [6.07, 6.45) is 2.74. The number of carbonyl (C=O) groups is 1. The minimum Gasteiger partial charge on any atom is -0.330 e. The number of aromatic nitrogens is 2. The number of nitrogens with one attached hydrogen (secondary N) is 1. The van der Waals surface area contributed by atoms with E-state index in [1.54, 1.807) is 7.05 Å². The second kappa shape index (κ2) is 4.81. The molecule has 1 heterocycles. The highest BCUT2D eigenvalue weighted by Gasteiger charge is 2.19. The van der Waals surface area contributed by atoms with E-state index in [0.29, 0.717) is 0 Å². The van der Waals surface area contributed by atoms with Gasteiger partial charge >= 0.3 is 10.2 Å². The van der Waals surface area contributed by atoms with Crippen molar-refractivity contribution in [2.75, 3.05) is 5.32 Å². The van der Waals surface area contributed by atoms with Crippen LogP contribution in [0.15, 0.2) is 41.7 Å². The van der Waals surface area contributed by atoms with Gasteiger partial charge < -0.3 is 9.88 Å². The van der Waals surface area contributed by atoms with Crippen LogP contribution in [0.1, 0.15) is 10.5 Å². The van der Waals surface area contributed by atoms with Crippen molar-refractivity contribution < 1.29 is 17.1 Å². The number of rotatable bonds is 3. The van der Waals surface area contributed by atoms with E-state index in [-0.39, 0.29) is 11.4 Å². The Morgan fingerprint density at radius 3 is 2.63 bits per heavy atom. The molecule has 0 bridgehead atoms. The fourth-order valence-corrected chi connectivity index (χ4v) is 2.17. The molecule has 19 heavy (non-hydrogen) atoms. The van der Waals surface area contributed by atoms with Crippen LogP contribution >= 0.6 is 0 Å². The molecule has 1 amide bonds. The summed E-state index contributed by atoms with van der Waals surface area (Å²) < 4.78 is 36.4. The smallest absolute Gasteiger partial charge is 0.330 e. The predicted molar refractivity (Wildman–Crippen MR) is 65.9 cm³/mol. The lowest BCUT2D eigenvalue weighted by Crippen LogP contribution is -2.16. The van der Waals surface area contributed by atoms with Gasteiger partial charge in [-0.15, -0.1) is 3.89 Å². The number of hydrogen-bond donors (Lipinski definition) is 1. The molecule has 100 valence electrons. The third-order valence-corrected chi connectivity index (χ3v) is 3.33. The molecular formula is C11H10FN3O3S. The number of carbonyl (C=O) groups excluding carboxylic acids is 1. The maximum absolute atomic E-state index is 13.1. The Morgan fingerprint density at radius 2 is 2.05 bits per heavy atom. The molecule has 8 heteroatoms. The lowest BCUT2D eigenvalue weighted by molar-refractivity contribution is 0.101. The van der Waals surface area contributed by atoms with Gasteiger partial charge in [0.1, 0.15) is 10.6 Å². The first-order chi connectivity index (χ1) is 8.89. The lowest BCUT2D eigenvalue weighted by atomic mass is 10.3. The number of aryl methyl sites for hydroxylation is 1. The first-order valence-electron chi connectivity index (χ1n) is 5.21. The van der Waals surface area contributed by atoms with Crippen molar-refractivity contribution >= 4 is 21.8 Å². The molecule has 2 aromatic rings. The van der Waals surface area contributed by atoms with Crippen LogP contribution in [-0.4, -0.2) is 23.9 Å². The van der Waals surface area contributed by atoms with Gasteiger partial charge in [-0.25, -0.2) is 4.98 Å². The van der Waals surface area contributed by atoms with E-state index in [2.05, 4.69) is 10.3 Å². The molecular weight excluding hydrogens is 273 g/mol. The highest BCUT2D eigenvalue weighted by Crippen LogP contribution is 2.23. The summed E-state index contributed by atoms with van der Waals surface area (Å²) in [6.45, 7) is 0. The van der Waals surface area contributed by atoms with Crippen molar-refractivity contribution in [3.05, 3.63) is 42.5 Å². The fraction of sp³-hybridized carbons (Fsp3) is 0.0909. The molecule has 0 aliphatic heterocycles. The van der Waals surface area contributed by atoms with Gasteiger partial charge in [0.25, 0.3) is 5.91 Å². The summed E-state index contributed by atoms with van der Waals surface area (Å²) in [5, 5.41) is 2.34. The fourth-order valence-electron chi connectivity index (χ4n) is 1.54. The number of para-hydroxylation sites is 1. The molecule has 0 aliphatic rings. The van der Waals surface area contributed by atoms with Crippen LogP contribution in [0, 0.1) is 0 Å². The van der Waals surface area contributed by atoms with Crippen LogP contribution in [0.4, 0.5) is 9.57 Å². The average molecular weight is 283 g/mol. The zero-order valence-corrected chi connectivity index (χ0v) is 10.7. The minimum atomic E-state index is -4.90. The van der Waals surface area contributed by atoms with E-state index < -0.39 is 21.0 Å². The Bertz CT molecular complexity index is 724. The molecule has 0 saturated carbocycles. The van der Waals surface area contributed by atoms with Crippen molar-refractivity contribution in [2.45, 2.75) is 4.90 Å². The Morgan fingerprint density at radius 1 is 1.37 bits per heavy atom. The monoisotopic (exact) mass is 283 g/mol. The number of nitrogens with zero attached hydrogens (tertiary/aromatic N) is 2. The lowest BCUT2D eigenvalue weighted by Gasteiger charge is -2.08. The van der Waals surface area contributed by atoms with Crippen LogP contribution < -0.4 is 5.32 Å². The maximum atomic E-state index is 13.1. The van der Waals surface area contributed by atoms with Crippen LogP contribution in [0.25, 0.3) is 0 Å². The third-order valence-electron chi connectivity index (χ3n) is 2.45. The molecule has 0 radical (unpaired) electrons. The van der Waals surface area contributed by atoms with Gasteiger partial charge in [-0.3, -0.25) is 4.79 Å². The molecule has 0 unspecified atom stereocenters. The number of anilines is 1. The van der Waals surface area contributed by atoms with Gasteiger partial charge in [0.2, 0.25) is 0 Å². The van der Waals surface area contributed by atoms with Gasteiger partial charge in [0.05, 0.1) is 18.2 Å². The quantitative estimate of drug-likeness (QED) is 0.862. The maximum Gasteiger partial charge on any atom is 0.334 e. The zero-order chi connectivity index (χ0) is 14.0. The van der Waals surface area contributed by atoms with E-state index in [9.17, 15) is 17.1 Å². The van der Waals surface area contributed by atoms with Crippen molar-refractivity contribution in [2.24, 2.45) is 7.05 Å². The highest BCUT2D eigenvalue weighted by atomic mass is 32.3. The van der Waals surface area contributed by atoms with E-state index in [1.807, 2.05) is 0 Å². The molecule has 2 rings (SSSR count). The molecule has 0 spiro atoms. The number of halogens is 1. The van der Waals surface area contributed by atoms with Crippen molar-refractivity contribution in [3.8, 4) is 0 Å². The summed E-state index contributed by atoms with van der Waals surface area (Å²) in [5.41, 5.74) is 0.113.